The van der Waals surface area contributed by atoms with Crippen LogP contribution >= 0.6 is 0 Å². The standard InChI is InChI=1S/C34H34N4O4/c1-37-32-30(28-13-6-7-14-29(28)33(39)35-32)31(36-37)26-12-8-11-25(19-26)21-38(20-23-15-17-27(41-2)18-16-23)34(40)42-22-24-9-4-3-5-10-24/h3-5,8-12,15-19H,6-7,13-14,20-22H2,1-2H3,(H,35,39). The number of ether oxygens (including phenoxy) is 2. The van der Waals surface area contributed by atoms with E-state index in [1.807, 2.05) is 79.8 Å². The van der Waals surface area contributed by atoms with E-state index < -0.39 is 6.09 Å². The summed E-state index contributed by atoms with van der Waals surface area (Å²) in [6, 6.07) is 25.5. The van der Waals surface area contributed by atoms with Gasteiger partial charge < -0.3 is 14.5 Å². The molecule has 1 amide bonds. The lowest BCUT2D eigenvalue weighted by atomic mass is 9.89. The van der Waals surface area contributed by atoms with Crippen LogP contribution < -0.4 is 10.3 Å². The number of rotatable bonds is 8. The zero-order valence-corrected chi connectivity index (χ0v) is 23.9. The highest BCUT2D eigenvalue weighted by atomic mass is 16.6. The lowest BCUT2D eigenvalue weighted by Gasteiger charge is -2.23. The monoisotopic (exact) mass is 562 g/mol. The van der Waals surface area contributed by atoms with E-state index in [0.717, 1.165) is 81.5 Å². The van der Waals surface area contributed by atoms with Gasteiger partial charge in [0.25, 0.3) is 5.56 Å². The first-order valence-electron chi connectivity index (χ1n) is 14.3. The number of methoxy groups -OCH3 is 1. The van der Waals surface area contributed by atoms with E-state index >= 15 is 0 Å². The van der Waals surface area contributed by atoms with Gasteiger partial charge in [-0.3, -0.25) is 14.4 Å². The predicted molar refractivity (Wildman–Crippen MR) is 162 cm³/mol. The number of H-pyrrole nitrogens is 1. The average Bonchev–Trinajstić information content (AvgIpc) is 3.36. The summed E-state index contributed by atoms with van der Waals surface area (Å²) in [6.07, 6.45) is 3.36. The number of hydrogen-bond acceptors (Lipinski definition) is 5. The van der Waals surface area contributed by atoms with E-state index in [9.17, 15) is 9.59 Å². The lowest BCUT2D eigenvalue weighted by Crippen LogP contribution is -2.30. The maximum Gasteiger partial charge on any atom is 0.410 e. The smallest absolute Gasteiger partial charge is 0.410 e. The first kappa shape index (κ1) is 27.3. The van der Waals surface area contributed by atoms with Crippen molar-refractivity contribution < 1.29 is 14.3 Å². The maximum absolute atomic E-state index is 13.4. The molecule has 0 bridgehead atoms. The number of fused-ring (bicyclic) bond motifs is 3. The molecule has 1 aliphatic rings. The molecule has 1 N–H and O–H groups in total. The number of nitrogens with one attached hydrogen (secondary N) is 1. The molecule has 3 aromatic carbocycles. The number of amides is 1. The summed E-state index contributed by atoms with van der Waals surface area (Å²) in [4.78, 5) is 31.0. The molecular formula is C34H34N4O4. The summed E-state index contributed by atoms with van der Waals surface area (Å²) >= 11 is 0. The number of hydrogen-bond donors (Lipinski definition) is 1. The highest BCUT2D eigenvalue weighted by Gasteiger charge is 2.23. The minimum absolute atomic E-state index is 0.0105. The lowest BCUT2D eigenvalue weighted by molar-refractivity contribution is 0.0910. The van der Waals surface area contributed by atoms with Gasteiger partial charge in [-0.1, -0.05) is 60.7 Å². The summed E-state index contributed by atoms with van der Waals surface area (Å²) in [5.74, 6) is 0.760. The molecule has 0 fully saturated rings. The van der Waals surface area contributed by atoms with Crippen molar-refractivity contribution in [2.75, 3.05) is 7.11 Å². The third kappa shape index (κ3) is 5.65. The number of aromatic nitrogens is 3. The van der Waals surface area contributed by atoms with Crippen molar-refractivity contribution in [3.05, 3.63) is 117 Å². The number of aromatic amines is 1. The molecule has 0 aliphatic heterocycles. The fourth-order valence-electron chi connectivity index (χ4n) is 5.75. The molecule has 0 saturated carbocycles. The van der Waals surface area contributed by atoms with Crippen LogP contribution in [-0.2, 0) is 44.3 Å². The van der Waals surface area contributed by atoms with Crippen LogP contribution in [0.4, 0.5) is 4.79 Å². The fourth-order valence-corrected chi connectivity index (χ4v) is 5.75. The molecule has 5 aromatic rings. The molecular weight excluding hydrogens is 528 g/mol. The van der Waals surface area contributed by atoms with Crippen LogP contribution in [0.3, 0.4) is 0 Å². The highest BCUT2D eigenvalue weighted by Crippen LogP contribution is 2.33. The van der Waals surface area contributed by atoms with Crippen molar-refractivity contribution in [3.8, 4) is 17.0 Å². The highest BCUT2D eigenvalue weighted by molar-refractivity contribution is 5.94. The van der Waals surface area contributed by atoms with Crippen molar-refractivity contribution in [2.45, 2.75) is 45.4 Å². The van der Waals surface area contributed by atoms with E-state index in [1.165, 1.54) is 0 Å². The molecule has 8 nitrogen and oxygen atoms in total. The fraction of sp³-hybridized carbons (Fsp3) is 0.265. The van der Waals surface area contributed by atoms with Crippen LogP contribution in [0.2, 0.25) is 0 Å². The summed E-state index contributed by atoms with van der Waals surface area (Å²) in [6.45, 7) is 0.929. The second kappa shape index (κ2) is 11.9. The number of aryl methyl sites for hydroxylation is 2. The number of carbonyl (C=O) groups is 1. The summed E-state index contributed by atoms with van der Waals surface area (Å²) in [7, 11) is 3.49. The van der Waals surface area contributed by atoms with Crippen LogP contribution in [0.1, 0.15) is 40.7 Å². The predicted octanol–water partition coefficient (Wildman–Crippen LogP) is 6.16. The molecule has 0 radical (unpaired) electrons. The Labute approximate surface area is 244 Å². The van der Waals surface area contributed by atoms with Gasteiger partial charge in [-0.2, -0.15) is 5.10 Å². The molecule has 1 aliphatic carbocycles. The Bertz CT molecular complexity index is 1770. The molecule has 42 heavy (non-hydrogen) atoms. The van der Waals surface area contributed by atoms with Gasteiger partial charge in [-0.05, 0) is 66.1 Å². The van der Waals surface area contributed by atoms with Crippen molar-refractivity contribution in [1.29, 1.82) is 0 Å². The van der Waals surface area contributed by atoms with Crippen LogP contribution in [0, 0.1) is 0 Å². The summed E-state index contributed by atoms with van der Waals surface area (Å²) < 4.78 is 12.8. The van der Waals surface area contributed by atoms with Crippen LogP contribution in [0.5, 0.6) is 5.75 Å². The SMILES string of the molecule is COc1ccc(CN(Cc2cccc(-c3nn(C)c4[nH]c(=O)c5c(c34)CCCC5)c2)C(=O)OCc2ccccc2)cc1. The second-order valence-electron chi connectivity index (χ2n) is 10.8. The maximum atomic E-state index is 13.4. The van der Waals surface area contributed by atoms with Crippen molar-refractivity contribution >= 4 is 17.1 Å². The number of carbonyl (C=O) groups excluding carboxylic acids is 1. The Morgan fingerprint density at radius 1 is 0.905 bits per heavy atom. The van der Waals surface area contributed by atoms with Gasteiger partial charge in [-0.25, -0.2) is 4.79 Å². The van der Waals surface area contributed by atoms with E-state index in [2.05, 4.69) is 11.1 Å². The Morgan fingerprint density at radius 3 is 2.38 bits per heavy atom. The molecule has 2 aromatic heterocycles. The molecule has 2 heterocycles. The van der Waals surface area contributed by atoms with E-state index in [0.29, 0.717) is 13.1 Å². The van der Waals surface area contributed by atoms with Crippen molar-refractivity contribution in [1.82, 2.24) is 19.7 Å². The van der Waals surface area contributed by atoms with Crippen LogP contribution in [0.15, 0.2) is 83.7 Å². The largest absolute Gasteiger partial charge is 0.497 e. The van der Waals surface area contributed by atoms with E-state index in [4.69, 9.17) is 14.6 Å². The molecule has 0 spiro atoms. The summed E-state index contributed by atoms with van der Waals surface area (Å²) in [5.41, 5.74) is 7.36. The second-order valence-corrected chi connectivity index (χ2v) is 10.8. The van der Waals surface area contributed by atoms with Gasteiger partial charge in [0.05, 0.1) is 7.11 Å². The average molecular weight is 563 g/mol. The quantitative estimate of drug-likeness (QED) is 0.245. The third-order valence-corrected chi connectivity index (χ3v) is 7.89. The van der Waals surface area contributed by atoms with Gasteiger partial charge >= 0.3 is 6.09 Å². The van der Waals surface area contributed by atoms with Crippen LogP contribution in [0.25, 0.3) is 22.3 Å². The van der Waals surface area contributed by atoms with Crippen molar-refractivity contribution in [2.24, 2.45) is 7.05 Å². The first-order valence-corrected chi connectivity index (χ1v) is 14.3. The number of nitrogens with zero attached hydrogens (tertiary/aromatic N) is 3. The normalized spacial score (nSPS) is 12.6. The number of pyridine rings is 1. The van der Waals surface area contributed by atoms with E-state index in [1.54, 1.807) is 16.7 Å². The zero-order chi connectivity index (χ0) is 29.1. The molecule has 0 saturated heterocycles. The third-order valence-electron chi connectivity index (χ3n) is 7.89. The zero-order valence-electron chi connectivity index (χ0n) is 23.9. The van der Waals surface area contributed by atoms with Crippen LogP contribution in [-0.4, -0.2) is 32.9 Å². The minimum Gasteiger partial charge on any atom is -0.497 e. The van der Waals surface area contributed by atoms with E-state index in [-0.39, 0.29) is 12.2 Å². The molecule has 6 rings (SSSR count). The van der Waals surface area contributed by atoms with Crippen molar-refractivity contribution in [3.63, 3.8) is 0 Å². The van der Waals surface area contributed by atoms with Gasteiger partial charge in [0.15, 0.2) is 0 Å². The molecule has 214 valence electrons. The Kier molecular flexibility index (Phi) is 7.77. The Morgan fingerprint density at radius 2 is 1.62 bits per heavy atom. The van der Waals surface area contributed by atoms with Gasteiger partial charge in [0, 0.05) is 36.7 Å². The Hall–Kier alpha value is -4.85. The minimum atomic E-state index is -0.394. The molecule has 8 heteroatoms. The summed E-state index contributed by atoms with van der Waals surface area (Å²) in [5, 5.41) is 5.86. The van der Waals surface area contributed by atoms with Gasteiger partial charge in [-0.15, -0.1) is 0 Å². The number of benzene rings is 3. The molecule has 0 atom stereocenters. The van der Waals surface area contributed by atoms with Gasteiger partial charge in [0.2, 0.25) is 0 Å². The molecule has 0 unspecified atom stereocenters. The van der Waals surface area contributed by atoms with Gasteiger partial charge in [0.1, 0.15) is 23.7 Å². The topological polar surface area (TPSA) is 89.5 Å². The first-order chi connectivity index (χ1) is 20.5. The Balaban J connectivity index is 1.31.